The largest absolute Gasteiger partial charge is 0.351 e. The van der Waals surface area contributed by atoms with E-state index in [9.17, 15) is 13.2 Å². The van der Waals surface area contributed by atoms with Gasteiger partial charge in [-0.1, -0.05) is 30.3 Å². The molecule has 6 nitrogen and oxygen atoms in total. The number of sulfonamides is 1. The number of primary sulfonamides is 1. The second-order valence-electron chi connectivity index (χ2n) is 5.47. The fourth-order valence-electron chi connectivity index (χ4n) is 2.46. The summed E-state index contributed by atoms with van der Waals surface area (Å²) in [6.07, 6.45) is 0.594. The fourth-order valence-corrected chi connectivity index (χ4v) is 2.97. The highest BCUT2D eigenvalue weighted by Crippen LogP contribution is 2.14. The van der Waals surface area contributed by atoms with Gasteiger partial charge < -0.3 is 10.3 Å². The number of benzene rings is 2. The first kappa shape index (κ1) is 16.2. The van der Waals surface area contributed by atoms with Crippen LogP contribution in [-0.4, -0.2) is 25.9 Å². The third kappa shape index (κ3) is 3.64. The molecular weight excluding hydrogens is 326 g/mol. The standard InChI is InChI=1S/C17H17N3O3S/c18-24(22,23)14-7-5-12(6-8-14)9-10-19-17(21)16-11-13-3-1-2-4-15(13)20-16/h1-8,11,20H,9-10H2,(H,19,21)(H2,18,22,23). The molecule has 3 rings (SSSR count). The number of fused-ring (bicyclic) bond motifs is 1. The van der Waals surface area contributed by atoms with E-state index in [0.29, 0.717) is 18.7 Å². The van der Waals surface area contributed by atoms with Gasteiger partial charge in [-0.2, -0.15) is 0 Å². The first-order valence-electron chi connectivity index (χ1n) is 7.41. The number of amides is 1. The second kappa shape index (κ2) is 6.46. The molecule has 0 radical (unpaired) electrons. The van der Waals surface area contributed by atoms with Crippen molar-refractivity contribution in [3.63, 3.8) is 0 Å². The Morgan fingerprint density at radius 2 is 1.79 bits per heavy atom. The van der Waals surface area contributed by atoms with Crippen LogP contribution >= 0.6 is 0 Å². The van der Waals surface area contributed by atoms with Gasteiger partial charge in [-0.05, 0) is 36.2 Å². The summed E-state index contributed by atoms with van der Waals surface area (Å²) in [6.45, 7) is 0.447. The van der Waals surface area contributed by atoms with E-state index < -0.39 is 10.0 Å². The lowest BCUT2D eigenvalue weighted by molar-refractivity contribution is 0.0950. The number of aromatic amines is 1. The third-order valence-corrected chi connectivity index (χ3v) is 4.65. The molecule has 0 aliphatic carbocycles. The molecule has 0 spiro atoms. The van der Waals surface area contributed by atoms with Crippen LogP contribution in [0.15, 0.2) is 59.5 Å². The SMILES string of the molecule is NS(=O)(=O)c1ccc(CCNC(=O)c2cc3ccccc3[nH]2)cc1. The number of H-pyrrole nitrogens is 1. The smallest absolute Gasteiger partial charge is 0.267 e. The predicted molar refractivity (Wildman–Crippen MR) is 92.2 cm³/mol. The lowest BCUT2D eigenvalue weighted by Gasteiger charge is -2.05. The third-order valence-electron chi connectivity index (χ3n) is 3.73. The van der Waals surface area contributed by atoms with Crippen LogP contribution in [0.5, 0.6) is 0 Å². The summed E-state index contributed by atoms with van der Waals surface area (Å²) in [7, 11) is -3.68. The van der Waals surface area contributed by atoms with Gasteiger partial charge in [-0.15, -0.1) is 0 Å². The average molecular weight is 343 g/mol. The molecule has 1 heterocycles. The van der Waals surface area contributed by atoms with Crippen molar-refractivity contribution in [2.45, 2.75) is 11.3 Å². The normalized spacial score (nSPS) is 11.5. The van der Waals surface area contributed by atoms with E-state index in [1.165, 1.54) is 12.1 Å². The molecule has 0 aliphatic rings. The second-order valence-corrected chi connectivity index (χ2v) is 7.03. The highest BCUT2D eigenvalue weighted by molar-refractivity contribution is 7.89. The van der Waals surface area contributed by atoms with Gasteiger partial charge in [-0.25, -0.2) is 13.6 Å². The summed E-state index contributed by atoms with van der Waals surface area (Å²) in [5, 5.41) is 8.88. The summed E-state index contributed by atoms with van der Waals surface area (Å²) in [4.78, 5) is 15.3. The van der Waals surface area contributed by atoms with Crippen molar-refractivity contribution in [1.82, 2.24) is 10.3 Å². The molecule has 0 unspecified atom stereocenters. The first-order chi connectivity index (χ1) is 11.4. The number of carbonyl (C=O) groups excluding carboxylic acids is 1. The van der Waals surface area contributed by atoms with E-state index in [1.54, 1.807) is 12.1 Å². The predicted octanol–water partition coefficient (Wildman–Crippen LogP) is 1.79. The molecule has 0 bridgehead atoms. The summed E-state index contributed by atoms with van der Waals surface area (Å²) < 4.78 is 22.4. The monoisotopic (exact) mass is 343 g/mol. The molecule has 0 saturated carbocycles. The van der Waals surface area contributed by atoms with Crippen LogP contribution in [0, 0.1) is 0 Å². The Morgan fingerprint density at radius 3 is 2.46 bits per heavy atom. The lowest BCUT2D eigenvalue weighted by atomic mass is 10.1. The minimum atomic E-state index is -3.68. The van der Waals surface area contributed by atoms with Gasteiger partial charge in [-0.3, -0.25) is 4.79 Å². The minimum Gasteiger partial charge on any atom is -0.351 e. The summed E-state index contributed by atoms with van der Waals surface area (Å²) in [6, 6.07) is 15.8. The fraction of sp³-hybridized carbons (Fsp3) is 0.118. The zero-order valence-electron chi connectivity index (χ0n) is 12.8. The van der Waals surface area contributed by atoms with Crippen molar-refractivity contribution in [3.05, 3.63) is 65.9 Å². The molecule has 7 heteroatoms. The maximum Gasteiger partial charge on any atom is 0.267 e. The number of rotatable bonds is 5. The zero-order valence-corrected chi connectivity index (χ0v) is 13.6. The molecule has 124 valence electrons. The molecule has 4 N–H and O–H groups in total. The quantitative estimate of drug-likeness (QED) is 0.657. The molecule has 1 amide bonds. The Hall–Kier alpha value is -2.64. The van der Waals surface area contributed by atoms with Crippen LogP contribution in [0.2, 0.25) is 0 Å². The summed E-state index contributed by atoms with van der Waals surface area (Å²) in [5.41, 5.74) is 2.35. The van der Waals surface area contributed by atoms with Crippen molar-refractivity contribution in [1.29, 1.82) is 0 Å². The van der Waals surface area contributed by atoms with E-state index in [1.807, 2.05) is 30.3 Å². The molecule has 3 aromatic rings. The summed E-state index contributed by atoms with van der Waals surface area (Å²) >= 11 is 0. The zero-order chi connectivity index (χ0) is 17.2. The van der Waals surface area contributed by atoms with Crippen molar-refractivity contribution in [3.8, 4) is 0 Å². The maximum atomic E-state index is 12.2. The van der Waals surface area contributed by atoms with E-state index in [2.05, 4.69) is 10.3 Å². The number of carbonyl (C=O) groups is 1. The van der Waals surface area contributed by atoms with Crippen LogP contribution in [0.25, 0.3) is 10.9 Å². The van der Waals surface area contributed by atoms with Gasteiger partial charge in [0.05, 0.1) is 4.90 Å². The Kier molecular flexibility index (Phi) is 4.37. The van der Waals surface area contributed by atoms with Gasteiger partial charge in [0, 0.05) is 17.4 Å². The van der Waals surface area contributed by atoms with Gasteiger partial charge in [0.25, 0.3) is 5.91 Å². The van der Waals surface area contributed by atoms with Crippen molar-refractivity contribution >= 4 is 26.8 Å². The Balaban J connectivity index is 1.58. The lowest BCUT2D eigenvalue weighted by Crippen LogP contribution is -2.25. The van der Waals surface area contributed by atoms with Crippen molar-refractivity contribution < 1.29 is 13.2 Å². The molecule has 0 saturated heterocycles. The molecule has 0 fully saturated rings. The molecule has 24 heavy (non-hydrogen) atoms. The van der Waals surface area contributed by atoms with E-state index in [0.717, 1.165) is 16.5 Å². The van der Waals surface area contributed by atoms with E-state index in [4.69, 9.17) is 5.14 Å². The van der Waals surface area contributed by atoms with Crippen molar-refractivity contribution in [2.75, 3.05) is 6.54 Å². The number of hydrogen-bond donors (Lipinski definition) is 3. The Bertz CT molecular complexity index is 943. The topological polar surface area (TPSA) is 105 Å². The van der Waals surface area contributed by atoms with Gasteiger partial charge in [0.1, 0.15) is 5.69 Å². The average Bonchev–Trinajstić information content (AvgIpc) is 2.98. The minimum absolute atomic E-state index is 0.0772. The Morgan fingerprint density at radius 1 is 1.08 bits per heavy atom. The van der Waals surface area contributed by atoms with Crippen LogP contribution in [-0.2, 0) is 16.4 Å². The highest BCUT2D eigenvalue weighted by Gasteiger charge is 2.09. The molecule has 1 aromatic heterocycles. The summed E-state index contributed by atoms with van der Waals surface area (Å²) in [5.74, 6) is -0.174. The number of hydrogen-bond acceptors (Lipinski definition) is 3. The molecule has 2 aromatic carbocycles. The van der Waals surface area contributed by atoms with Crippen LogP contribution in [0.1, 0.15) is 16.1 Å². The number of nitrogens with one attached hydrogen (secondary N) is 2. The first-order valence-corrected chi connectivity index (χ1v) is 8.96. The van der Waals surface area contributed by atoms with Crippen LogP contribution in [0.4, 0.5) is 0 Å². The van der Waals surface area contributed by atoms with Crippen LogP contribution in [0.3, 0.4) is 0 Å². The number of para-hydroxylation sites is 1. The van der Waals surface area contributed by atoms with E-state index >= 15 is 0 Å². The van der Waals surface area contributed by atoms with E-state index in [-0.39, 0.29) is 10.8 Å². The van der Waals surface area contributed by atoms with Gasteiger partial charge in [0.2, 0.25) is 10.0 Å². The van der Waals surface area contributed by atoms with Crippen molar-refractivity contribution in [2.24, 2.45) is 5.14 Å². The molecular formula is C17H17N3O3S. The molecule has 0 atom stereocenters. The number of aromatic nitrogens is 1. The van der Waals surface area contributed by atoms with Crippen LogP contribution < -0.4 is 10.5 Å². The maximum absolute atomic E-state index is 12.2. The van der Waals surface area contributed by atoms with Gasteiger partial charge >= 0.3 is 0 Å². The molecule has 0 aliphatic heterocycles. The number of nitrogens with two attached hydrogens (primary N) is 1. The Labute approximate surface area is 139 Å². The highest BCUT2D eigenvalue weighted by atomic mass is 32.2. The van der Waals surface area contributed by atoms with Gasteiger partial charge in [0.15, 0.2) is 0 Å².